The molecule has 4 heteroatoms. The first-order chi connectivity index (χ1) is 3.83. The van der Waals surface area contributed by atoms with Crippen molar-refractivity contribution in [2.45, 2.75) is 6.92 Å². The molecule has 8 heavy (non-hydrogen) atoms. The Bertz CT molecular complexity index is 56.3. The van der Waals surface area contributed by atoms with E-state index in [4.69, 9.17) is 11.4 Å². The van der Waals surface area contributed by atoms with Gasteiger partial charge in [-0.15, -0.1) is 0 Å². The third kappa shape index (κ3) is 33.7. The van der Waals surface area contributed by atoms with Crippen molar-refractivity contribution >= 4 is 0 Å². The summed E-state index contributed by atoms with van der Waals surface area (Å²) in [6, 6.07) is 0. The number of hydrogen-bond donors (Lipinski definition) is 0. The van der Waals surface area contributed by atoms with Gasteiger partial charge in [0.05, 0.1) is 0 Å². The van der Waals surface area contributed by atoms with Crippen molar-refractivity contribution in [3.05, 3.63) is 6.92 Å². The molecule has 0 fully saturated rings. The van der Waals surface area contributed by atoms with Gasteiger partial charge in [-0.05, 0) is 13.8 Å². The van der Waals surface area contributed by atoms with E-state index in [2.05, 4.69) is 6.92 Å². The van der Waals surface area contributed by atoms with E-state index in [1.165, 1.54) is 0 Å². The van der Waals surface area contributed by atoms with Crippen LogP contribution in [0.5, 0.6) is 0 Å². The molecule has 0 N–H and O–H groups in total. The van der Waals surface area contributed by atoms with Crippen LogP contribution in [0.3, 0.4) is 0 Å². The summed E-state index contributed by atoms with van der Waals surface area (Å²) in [7, 11) is 0. The third-order valence-corrected chi connectivity index (χ3v) is 0.348. The van der Waals surface area contributed by atoms with Gasteiger partial charge in [-0.2, -0.15) is 0 Å². The van der Waals surface area contributed by atoms with Crippen molar-refractivity contribution in [2.24, 2.45) is 0 Å². The zero-order valence-corrected chi connectivity index (χ0v) is 6.41. The van der Waals surface area contributed by atoms with Gasteiger partial charge in [0.1, 0.15) is 0 Å². The van der Waals surface area contributed by atoms with Crippen LogP contribution < -0.4 is 0 Å². The van der Waals surface area contributed by atoms with Gasteiger partial charge >= 0.3 is 25.7 Å². The van der Waals surface area contributed by atoms with Gasteiger partial charge in [-0.1, -0.05) is 0 Å². The fourth-order valence-electron chi connectivity index (χ4n) is 0.144. The zero-order chi connectivity index (χ0) is 6.83. The molecule has 3 nitrogen and oxygen atoms in total. The molecule has 0 bridgehead atoms. The van der Waals surface area contributed by atoms with E-state index < -0.39 is 19.1 Å². The fraction of sp³-hybridized carbons (Fsp3) is 0.750. The quantitative estimate of drug-likeness (QED) is 0.546. The van der Waals surface area contributed by atoms with Crippen LogP contribution in [0.2, 0.25) is 0 Å². The molecular formula is C4H9O3Ti. The molecule has 0 rings (SSSR count). The van der Waals surface area contributed by atoms with Gasteiger partial charge in [0, 0.05) is 13.2 Å². The van der Waals surface area contributed by atoms with Crippen LogP contribution in [0, 0.1) is 6.92 Å². The van der Waals surface area contributed by atoms with Crippen molar-refractivity contribution in [1.82, 2.24) is 0 Å². The van der Waals surface area contributed by atoms with E-state index >= 15 is 0 Å². The number of ether oxygens (including phenoxy) is 1. The van der Waals surface area contributed by atoms with Gasteiger partial charge < -0.3 is 4.74 Å². The molecule has 0 aliphatic carbocycles. The number of rotatable bonds is 2. The molecule has 0 aromatic carbocycles. The first kappa shape index (κ1) is 11.1. The van der Waals surface area contributed by atoms with Crippen LogP contribution in [0.25, 0.3) is 0 Å². The maximum atomic E-state index is 8.50. The monoisotopic (exact) mass is 153 g/mol. The van der Waals surface area contributed by atoms with Crippen molar-refractivity contribution in [2.75, 3.05) is 13.2 Å². The van der Waals surface area contributed by atoms with Crippen LogP contribution >= 0.6 is 0 Å². The fourth-order valence-corrected chi connectivity index (χ4v) is 0.144. The van der Waals surface area contributed by atoms with Gasteiger partial charge in [-0.25, -0.2) is 0 Å². The summed E-state index contributed by atoms with van der Waals surface area (Å²) < 4.78 is 21.7. The average Bonchev–Trinajstić information content (AvgIpc) is 1.71. The Labute approximate surface area is 58.0 Å². The first-order valence-electron chi connectivity index (χ1n) is 2.19. The number of hydrogen-bond acceptors (Lipinski definition) is 3. The molecule has 0 saturated carbocycles. The van der Waals surface area contributed by atoms with E-state index in [1.807, 2.05) is 6.92 Å². The Morgan fingerprint density at radius 1 is 1.62 bits per heavy atom. The SMILES string of the molecule is [CH2]COCC.[O]=[Ti]=[O]. The molecule has 1 radical (unpaired) electrons. The molecule has 0 heterocycles. The standard InChI is InChI=1S/C4H9O.2O.Ti/c1-3-5-4-2;;;/h1,3-4H2,2H3;;;. The summed E-state index contributed by atoms with van der Waals surface area (Å²) in [4.78, 5) is 0. The molecule has 0 aromatic rings. The summed E-state index contributed by atoms with van der Waals surface area (Å²) in [6.45, 7) is 6.78. The van der Waals surface area contributed by atoms with Gasteiger partial charge in [0.15, 0.2) is 0 Å². The molecule has 47 valence electrons. The van der Waals surface area contributed by atoms with Crippen LogP contribution in [-0.2, 0) is 30.5 Å². The molecule has 0 unspecified atom stereocenters. The van der Waals surface area contributed by atoms with Crippen molar-refractivity contribution in [3.63, 3.8) is 0 Å². The maximum absolute atomic E-state index is 8.50. The van der Waals surface area contributed by atoms with E-state index in [0.717, 1.165) is 6.61 Å². The minimum absolute atomic E-state index is 0.594. The Morgan fingerprint density at radius 2 is 2.00 bits per heavy atom. The van der Waals surface area contributed by atoms with E-state index in [1.54, 1.807) is 0 Å². The van der Waals surface area contributed by atoms with Crippen molar-refractivity contribution in [1.29, 1.82) is 0 Å². The Morgan fingerprint density at radius 3 is 2.00 bits per heavy atom. The predicted octanol–water partition coefficient (Wildman–Crippen LogP) is 0.617. The molecular weight excluding hydrogens is 144 g/mol. The second-order valence-corrected chi connectivity index (χ2v) is 1.04. The topological polar surface area (TPSA) is 43.4 Å². The molecule has 0 aliphatic heterocycles. The van der Waals surface area contributed by atoms with E-state index in [9.17, 15) is 0 Å². The van der Waals surface area contributed by atoms with E-state index in [-0.39, 0.29) is 0 Å². The molecule has 0 aromatic heterocycles. The Kier molecular flexibility index (Phi) is 21.8. The predicted molar refractivity (Wildman–Crippen MR) is 23.2 cm³/mol. The first-order valence-corrected chi connectivity index (χ1v) is 3.47. The second-order valence-electron chi connectivity index (χ2n) is 0.780. The second kappa shape index (κ2) is 15.7. The summed E-state index contributed by atoms with van der Waals surface area (Å²) in [5, 5.41) is 0. The van der Waals surface area contributed by atoms with Crippen LogP contribution in [-0.4, -0.2) is 13.2 Å². The van der Waals surface area contributed by atoms with Crippen LogP contribution in [0.15, 0.2) is 0 Å². The van der Waals surface area contributed by atoms with Crippen LogP contribution in [0.4, 0.5) is 0 Å². The molecule has 0 saturated heterocycles. The molecule has 0 aliphatic rings. The zero-order valence-electron chi connectivity index (χ0n) is 4.85. The summed E-state index contributed by atoms with van der Waals surface area (Å²) in [6.07, 6.45) is 0. The molecule has 0 amide bonds. The Hall–Kier alpha value is 0.274. The van der Waals surface area contributed by atoms with Gasteiger partial charge in [-0.3, -0.25) is 0 Å². The summed E-state index contributed by atoms with van der Waals surface area (Å²) >= 11 is -2.00. The van der Waals surface area contributed by atoms with Gasteiger partial charge in [0.2, 0.25) is 0 Å². The van der Waals surface area contributed by atoms with Gasteiger partial charge in [0.25, 0.3) is 0 Å². The third-order valence-electron chi connectivity index (χ3n) is 0.348. The normalized spacial score (nSPS) is 6.25. The van der Waals surface area contributed by atoms with E-state index in [0.29, 0.717) is 6.61 Å². The van der Waals surface area contributed by atoms with Crippen LogP contribution in [0.1, 0.15) is 6.92 Å². The average molecular weight is 153 g/mol. The molecule has 0 atom stereocenters. The minimum atomic E-state index is -2.00. The Balaban J connectivity index is 0. The molecule has 0 spiro atoms. The van der Waals surface area contributed by atoms with Crippen molar-refractivity contribution in [3.8, 4) is 0 Å². The van der Waals surface area contributed by atoms with Crippen molar-refractivity contribution < 1.29 is 30.5 Å². The summed E-state index contributed by atoms with van der Waals surface area (Å²) in [5.74, 6) is 0. The summed E-state index contributed by atoms with van der Waals surface area (Å²) in [5.41, 5.74) is 0.